The quantitative estimate of drug-likeness (QED) is 0.700. The van der Waals surface area contributed by atoms with Crippen molar-refractivity contribution in [2.45, 2.75) is 51.1 Å². The van der Waals surface area contributed by atoms with E-state index < -0.39 is 0 Å². The molecule has 1 aliphatic carbocycles. The van der Waals surface area contributed by atoms with E-state index >= 15 is 0 Å². The zero-order chi connectivity index (χ0) is 16.4. The Kier molecular flexibility index (Phi) is 5.21. The Bertz CT molecular complexity index is 452. The molecule has 6 heteroatoms. The van der Waals surface area contributed by atoms with Crippen LogP contribution in [0.3, 0.4) is 0 Å². The highest BCUT2D eigenvalue weighted by atomic mass is 16.2. The summed E-state index contributed by atoms with van der Waals surface area (Å²) in [5, 5.41) is 2.95. The van der Waals surface area contributed by atoms with Crippen molar-refractivity contribution in [3.63, 3.8) is 0 Å². The number of hydrogen-bond acceptors (Lipinski definition) is 4. The Morgan fingerprint density at radius 1 is 1.39 bits per heavy atom. The number of nitrogens with two attached hydrogens (primary N) is 1. The maximum atomic E-state index is 12.3. The van der Waals surface area contributed by atoms with Gasteiger partial charge in [-0.1, -0.05) is 6.92 Å². The van der Waals surface area contributed by atoms with Crippen LogP contribution in [0.25, 0.3) is 0 Å². The van der Waals surface area contributed by atoms with Crippen LogP contribution < -0.4 is 11.1 Å². The van der Waals surface area contributed by atoms with Gasteiger partial charge in [-0.2, -0.15) is 0 Å². The van der Waals surface area contributed by atoms with Gasteiger partial charge in [0.15, 0.2) is 0 Å². The molecule has 0 bridgehead atoms. The summed E-state index contributed by atoms with van der Waals surface area (Å²) in [7, 11) is 0. The maximum Gasteiger partial charge on any atom is 0.225 e. The molecule has 1 saturated carbocycles. The Hall–Kier alpha value is -1.14. The van der Waals surface area contributed by atoms with Crippen LogP contribution in [0, 0.1) is 11.8 Å². The third kappa shape index (κ3) is 4.04. The number of hydrogen-bond donors (Lipinski definition) is 2. The fourth-order valence-electron chi connectivity index (χ4n) is 3.95. The molecule has 3 atom stereocenters. The minimum Gasteiger partial charge on any atom is -0.354 e. The zero-order valence-corrected chi connectivity index (χ0v) is 14.2. The molecule has 6 nitrogen and oxygen atoms in total. The van der Waals surface area contributed by atoms with Gasteiger partial charge in [-0.25, -0.2) is 0 Å². The van der Waals surface area contributed by atoms with Gasteiger partial charge in [0.25, 0.3) is 0 Å². The molecule has 3 aliphatic rings. The molecule has 130 valence electrons. The second-order valence-corrected chi connectivity index (χ2v) is 7.37. The molecule has 0 aromatic carbocycles. The van der Waals surface area contributed by atoms with E-state index in [1.807, 2.05) is 4.90 Å². The predicted molar refractivity (Wildman–Crippen MR) is 88.7 cm³/mol. The van der Waals surface area contributed by atoms with E-state index in [0.717, 1.165) is 26.1 Å². The number of likely N-dealkylation sites (N-methyl/N-ethyl adjacent to an activating group) is 1. The van der Waals surface area contributed by atoms with Crippen LogP contribution in [0.2, 0.25) is 0 Å². The van der Waals surface area contributed by atoms with Gasteiger partial charge in [0.05, 0.1) is 5.92 Å². The number of nitrogens with zero attached hydrogens (tertiary/aromatic N) is 2. The highest BCUT2D eigenvalue weighted by Crippen LogP contribution is 2.31. The number of nitrogens with one attached hydrogen (secondary N) is 1. The lowest BCUT2D eigenvalue weighted by Crippen LogP contribution is -2.43. The van der Waals surface area contributed by atoms with E-state index in [1.54, 1.807) is 0 Å². The standard InChI is InChI=1S/C17H30N4O2/c1-2-20-7-3-4-14(20)11-21-10-13(8-16(21)22)17(23)19-9-15(18)12-5-6-12/h12-15H,2-11,18H2,1H3,(H,19,23). The minimum atomic E-state index is -0.203. The van der Waals surface area contributed by atoms with Gasteiger partial charge in [-0.15, -0.1) is 0 Å². The first-order chi connectivity index (χ1) is 11.1. The second kappa shape index (κ2) is 7.18. The van der Waals surface area contributed by atoms with Crippen LogP contribution >= 0.6 is 0 Å². The molecule has 0 radical (unpaired) electrons. The lowest BCUT2D eigenvalue weighted by molar-refractivity contribution is -0.129. The first kappa shape index (κ1) is 16.7. The second-order valence-electron chi connectivity index (χ2n) is 7.37. The molecule has 2 aliphatic heterocycles. The fourth-order valence-corrected chi connectivity index (χ4v) is 3.95. The number of likely N-dealkylation sites (tertiary alicyclic amines) is 2. The van der Waals surface area contributed by atoms with E-state index in [-0.39, 0.29) is 23.8 Å². The lowest BCUT2D eigenvalue weighted by Gasteiger charge is -2.27. The van der Waals surface area contributed by atoms with Gasteiger partial charge in [0.1, 0.15) is 0 Å². The van der Waals surface area contributed by atoms with E-state index in [0.29, 0.717) is 31.5 Å². The summed E-state index contributed by atoms with van der Waals surface area (Å²) in [6.07, 6.45) is 5.08. The SMILES string of the molecule is CCN1CCCC1CN1CC(C(=O)NCC(N)C2CC2)CC1=O. The van der Waals surface area contributed by atoms with Crippen molar-refractivity contribution in [1.29, 1.82) is 0 Å². The summed E-state index contributed by atoms with van der Waals surface area (Å²) in [5.74, 6) is 0.500. The lowest BCUT2D eigenvalue weighted by atomic mass is 10.1. The molecule has 0 aromatic heterocycles. The molecule has 3 rings (SSSR count). The van der Waals surface area contributed by atoms with Gasteiger partial charge < -0.3 is 16.0 Å². The summed E-state index contributed by atoms with van der Waals surface area (Å²) in [6.45, 7) is 6.22. The summed E-state index contributed by atoms with van der Waals surface area (Å²) in [6, 6.07) is 0.540. The highest BCUT2D eigenvalue weighted by Gasteiger charge is 2.37. The van der Waals surface area contributed by atoms with Gasteiger partial charge in [-0.05, 0) is 44.7 Å². The first-order valence-corrected chi connectivity index (χ1v) is 9.13. The molecule has 2 amide bonds. The van der Waals surface area contributed by atoms with Crippen LogP contribution in [-0.4, -0.2) is 66.4 Å². The van der Waals surface area contributed by atoms with Gasteiger partial charge >= 0.3 is 0 Å². The monoisotopic (exact) mass is 322 g/mol. The number of carbonyl (C=O) groups excluding carboxylic acids is 2. The molecular formula is C17H30N4O2. The first-order valence-electron chi connectivity index (χ1n) is 9.13. The number of amides is 2. The van der Waals surface area contributed by atoms with Crippen molar-refractivity contribution in [3.8, 4) is 0 Å². The maximum absolute atomic E-state index is 12.3. The molecule has 2 saturated heterocycles. The summed E-state index contributed by atoms with van der Waals surface area (Å²) in [4.78, 5) is 28.8. The third-order valence-corrected chi connectivity index (χ3v) is 5.66. The highest BCUT2D eigenvalue weighted by molar-refractivity contribution is 5.89. The molecule has 3 N–H and O–H groups in total. The van der Waals surface area contributed by atoms with Crippen LogP contribution in [0.15, 0.2) is 0 Å². The van der Waals surface area contributed by atoms with Crippen LogP contribution in [-0.2, 0) is 9.59 Å². The van der Waals surface area contributed by atoms with E-state index in [4.69, 9.17) is 5.73 Å². The van der Waals surface area contributed by atoms with Crippen molar-refractivity contribution < 1.29 is 9.59 Å². The molecule has 3 fully saturated rings. The Morgan fingerprint density at radius 2 is 2.17 bits per heavy atom. The van der Waals surface area contributed by atoms with Crippen LogP contribution in [0.1, 0.15) is 39.0 Å². The van der Waals surface area contributed by atoms with Crippen LogP contribution in [0.5, 0.6) is 0 Å². The Labute approximate surface area is 138 Å². The molecule has 3 unspecified atom stereocenters. The predicted octanol–water partition coefficient (Wildman–Crippen LogP) is 0.173. The number of rotatable bonds is 7. The topological polar surface area (TPSA) is 78.7 Å². The Morgan fingerprint density at radius 3 is 2.87 bits per heavy atom. The van der Waals surface area contributed by atoms with E-state index in [9.17, 15) is 9.59 Å². The molecular weight excluding hydrogens is 292 g/mol. The Balaban J connectivity index is 1.45. The average molecular weight is 322 g/mol. The fraction of sp³-hybridized carbons (Fsp3) is 0.882. The van der Waals surface area contributed by atoms with Crippen molar-refractivity contribution >= 4 is 11.8 Å². The number of carbonyl (C=O) groups is 2. The third-order valence-electron chi connectivity index (χ3n) is 5.66. The van der Waals surface area contributed by atoms with Gasteiger partial charge in [0.2, 0.25) is 11.8 Å². The van der Waals surface area contributed by atoms with E-state index in [1.165, 1.54) is 19.3 Å². The van der Waals surface area contributed by atoms with Crippen molar-refractivity contribution in [3.05, 3.63) is 0 Å². The molecule has 2 heterocycles. The zero-order valence-electron chi connectivity index (χ0n) is 14.2. The van der Waals surface area contributed by atoms with Gasteiger partial charge in [-0.3, -0.25) is 14.5 Å². The van der Waals surface area contributed by atoms with Crippen LogP contribution in [0.4, 0.5) is 0 Å². The molecule has 0 aromatic rings. The largest absolute Gasteiger partial charge is 0.354 e. The van der Waals surface area contributed by atoms with Crippen molar-refractivity contribution in [2.24, 2.45) is 17.6 Å². The van der Waals surface area contributed by atoms with Crippen molar-refractivity contribution in [2.75, 3.05) is 32.7 Å². The summed E-state index contributed by atoms with van der Waals surface area (Å²) in [5.41, 5.74) is 6.02. The van der Waals surface area contributed by atoms with E-state index in [2.05, 4.69) is 17.1 Å². The normalized spacial score (nSPS) is 30.0. The molecule has 0 spiro atoms. The summed E-state index contributed by atoms with van der Waals surface area (Å²) < 4.78 is 0. The molecule has 23 heavy (non-hydrogen) atoms. The van der Waals surface area contributed by atoms with Gasteiger partial charge in [0, 0.05) is 38.1 Å². The smallest absolute Gasteiger partial charge is 0.225 e. The summed E-state index contributed by atoms with van der Waals surface area (Å²) >= 11 is 0. The van der Waals surface area contributed by atoms with Crippen molar-refractivity contribution in [1.82, 2.24) is 15.1 Å². The minimum absolute atomic E-state index is 0.00396. The average Bonchev–Trinajstić information content (AvgIpc) is 3.20.